The van der Waals surface area contributed by atoms with Crippen molar-refractivity contribution in [3.63, 3.8) is 0 Å². The van der Waals surface area contributed by atoms with E-state index in [1.165, 1.54) is 23.5 Å². The average molecular weight is 420 g/mol. The molecule has 138 valence electrons. The summed E-state index contributed by atoms with van der Waals surface area (Å²) in [4.78, 5) is 28.5. The third-order valence-electron chi connectivity index (χ3n) is 3.65. The van der Waals surface area contributed by atoms with Crippen LogP contribution in [0.1, 0.15) is 15.4 Å². The van der Waals surface area contributed by atoms with Gasteiger partial charge in [0.2, 0.25) is 5.91 Å². The molecule has 0 saturated heterocycles. The molecule has 0 aliphatic heterocycles. The minimum absolute atomic E-state index is 0.143. The Kier molecular flexibility index (Phi) is 6.45. The van der Waals surface area contributed by atoms with Crippen molar-refractivity contribution in [2.75, 3.05) is 6.54 Å². The number of amides is 2. The molecule has 0 saturated carbocycles. The molecule has 3 aromatic rings. The molecule has 2 aromatic carbocycles. The van der Waals surface area contributed by atoms with Gasteiger partial charge in [-0.1, -0.05) is 53.5 Å². The lowest BCUT2D eigenvalue weighted by Crippen LogP contribution is -2.36. The first-order valence-electron chi connectivity index (χ1n) is 8.02. The van der Waals surface area contributed by atoms with E-state index in [0.29, 0.717) is 17.1 Å². The van der Waals surface area contributed by atoms with Crippen molar-refractivity contribution >= 4 is 46.4 Å². The molecule has 0 aliphatic carbocycles. The highest BCUT2D eigenvalue weighted by atomic mass is 35.5. The Bertz CT molecular complexity index is 961. The second-order valence-corrected chi connectivity index (χ2v) is 7.34. The second-order valence-electron chi connectivity index (χ2n) is 5.58. The predicted molar refractivity (Wildman–Crippen MR) is 108 cm³/mol. The van der Waals surface area contributed by atoms with Crippen LogP contribution in [0.15, 0.2) is 53.9 Å². The number of carbonyl (C=O) groups is 2. The Morgan fingerprint density at radius 2 is 1.78 bits per heavy atom. The number of benzene rings is 2. The van der Waals surface area contributed by atoms with Crippen LogP contribution >= 0.6 is 34.5 Å². The fraction of sp³-hybridized carbons (Fsp3) is 0.105. The predicted octanol–water partition coefficient (Wildman–Crippen LogP) is 4.16. The van der Waals surface area contributed by atoms with E-state index in [-0.39, 0.29) is 17.5 Å². The highest BCUT2D eigenvalue weighted by Crippen LogP contribution is 2.23. The lowest BCUT2D eigenvalue weighted by atomic mass is 10.2. The van der Waals surface area contributed by atoms with E-state index in [1.807, 2.05) is 35.7 Å². The van der Waals surface area contributed by atoms with Crippen molar-refractivity contribution in [3.8, 4) is 11.3 Å². The molecule has 0 spiro atoms. The molecular formula is C19H15Cl2N3O2S. The van der Waals surface area contributed by atoms with Gasteiger partial charge in [0.1, 0.15) is 5.01 Å². The van der Waals surface area contributed by atoms with Gasteiger partial charge in [-0.25, -0.2) is 4.98 Å². The number of carbonyl (C=O) groups excluding carboxylic acids is 2. The topological polar surface area (TPSA) is 71.1 Å². The van der Waals surface area contributed by atoms with Gasteiger partial charge < -0.3 is 10.6 Å². The molecule has 3 rings (SSSR count). The normalized spacial score (nSPS) is 10.4. The lowest BCUT2D eigenvalue weighted by molar-refractivity contribution is -0.120. The Labute approximate surface area is 170 Å². The molecule has 8 heteroatoms. The highest BCUT2D eigenvalue weighted by Gasteiger charge is 2.11. The third kappa shape index (κ3) is 5.29. The van der Waals surface area contributed by atoms with E-state index in [0.717, 1.165) is 16.3 Å². The van der Waals surface area contributed by atoms with Crippen LogP contribution in [-0.4, -0.2) is 23.3 Å². The van der Waals surface area contributed by atoms with Crippen molar-refractivity contribution in [1.82, 2.24) is 15.6 Å². The summed E-state index contributed by atoms with van der Waals surface area (Å²) < 4.78 is 0. The Balaban J connectivity index is 1.48. The van der Waals surface area contributed by atoms with E-state index in [9.17, 15) is 9.59 Å². The number of hydrogen-bond donors (Lipinski definition) is 2. The molecule has 2 N–H and O–H groups in total. The van der Waals surface area contributed by atoms with Gasteiger partial charge in [-0.15, -0.1) is 11.3 Å². The van der Waals surface area contributed by atoms with Gasteiger partial charge in [0, 0.05) is 16.5 Å². The highest BCUT2D eigenvalue weighted by molar-refractivity contribution is 7.09. The quantitative estimate of drug-likeness (QED) is 0.629. The lowest BCUT2D eigenvalue weighted by Gasteiger charge is -2.06. The second kappa shape index (κ2) is 8.99. The zero-order valence-corrected chi connectivity index (χ0v) is 16.4. The summed E-state index contributed by atoms with van der Waals surface area (Å²) >= 11 is 13.2. The van der Waals surface area contributed by atoms with Crippen molar-refractivity contribution in [2.45, 2.75) is 6.54 Å². The molecule has 5 nitrogen and oxygen atoms in total. The van der Waals surface area contributed by atoms with Crippen LogP contribution < -0.4 is 10.6 Å². The molecule has 27 heavy (non-hydrogen) atoms. The molecule has 1 aromatic heterocycles. The summed E-state index contributed by atoms with van der Waals surface area (Å²) in [5.74, 6) is -0.704. The molecule has 0 aliphatic rings. The van der Waals surface area contributed by atoms with Crippen LogP contribution in [0.3, 0.4) is 0 Å². The molecule has 0 unspecified atom stereocenters. The molecule has 0 atom stereocenters. The maximum Gasteiger partial charge on any atom is 0.251 e. The van der Waals surface area contributed by atoms with Crippen LogP contribution in [0.25, 0.3) is 11.3 Å². The van der Waals surface area contributed by atoms with Crippen molar-refractivity contribution in [2.24, 2.45) is 0 Å². The van der Waals surface area contributed by atoms with Crippen molar-refractivity contribution < 1.29 is 9.59 Å². The minimum atomic E-state index is -0.399. The summed E-state index contributed by atoms with van der Waals surface area (Å²) in [7, 11) is 0. The van der Waals surface area contributed by atoms with Crippen molar-refractivity contribution in [1.29, 1.82) is 0 Å². The summed E-state index contributed by atoms with van der Waals surface area (Å²) in [5.41, 5.74) is 2.24. The summed E-state index contributed by atoms with van der Waals surface area (Å²) in [6, 6.07) is 14.3. The largest absolute Gasteiger partial charge is 0.348 e. The summed E-state index contributed by atoms with van der Waals surface area (Å²) in [5, 5.41) is 8.67. The van der Waals surface area contributed by atoms with E-state index < -0.39 is 5.91 Å². The molecular weight excluding hydrogens is 405 g/mol. The van der Waals surface area contributed by atoms with E-state index in [4.69, 9.17) is 23.2 Å². The Morgan fingerprint density at radius 1 is 1.00 bits per heavy atom. The first-order valence-corrected chi connectivity index (χ1v) is 9.66. The number of rotatable bonds is 6. The molecule has 0 radical (unpaired) electrons. The molecule has 1 heterocycles. The monoisotopic (exact) mass is 419 g/mol. The maximum absolute atomic E-state index is 12.0. The Hall–Kier alpha value is -2.41. The fourth-order valence-electron chi connectivity index (χ4n) is 2.27. The standard InChI is InChI=1S/C19H15Cl2N3O2S/c20-14-7-6-13(8-15(14)21)19(26)23-9-17(25)22-10-18-24-16(11-27-18)12-4-2-1-3-5-12/h1-8,11H,9-10H2,(H,22,25)(H,23,26). The van der Waals surface area contributed by atoms with Gasteiger partial charge >= 0.3 is 0 Å². The first-order chi connectivity index (χ1) is 13.0. The number of aromatic nitrogens is 1. The first kappa shape index (κ1) is 19.4. The fourth-order valence-corrected chi connectivity index (χ4v) is 3.31. The number of nitrogens with one attached hydrogen (secondary N) is 2. The van der Waals surface area contributed by atoms with Gasteiger partial charge in [0.15, 0.2) is 0 Å². The van der Waals surface area contributed by atoms with Crippen LogP contribution in [0.5, 0.6) is 0 Å². The van der Waals surface area contributed by atoms with Crippen LogP contribution in [-0.2, 0) is 11.3 Å². The van der Waals surface area contributed by atoms with E-state index in [2.05, 4.69) is 15.6 Å². The average Bonchev–Trinajstić information content (AvgIpc) is 3.16. The maximum atomic E-state index is 12.0. The van der Waals surface area contributed by atoms with Gasteiger partial charge in [0.25, 0.3) is 5.91 Å². The van der Waals surface area contributed by atoms with Crippen LogP contribution in [0.4, 0.5) is 0 Å². The Morgan fingerprint density at radius 3 is 2.52 bits per heavy atom. The minimum Gasteiger partial charge on any atom is -0.348 e. The van der Waals surface area contributed by atoms with E-state index in [1.54, 1.807) is 6.07 Å². The van der Waals surface area contributed by atoms with Crippen LogP contribution in [0, 0.1) is 0 Å². The van der Waals surface area contributed by atoms with Gasteiger partial charge in [-0.2, -0.15) is 0 Å². The smallest absolute Gasteiger partial charge is 0.251 e. The summed E-state index contributed by atoms with van der Waals surface area (Å²) in [6.07, 6.45) is 0. The molecule has 2 amide bonds. The zero-order chi connectivity index (χ0) is 19.2. The zero-order valence-electron chi connectivity index (χ0n) is 14.0. The molecule has 0 fully saturated rings. The van der Waals surface area contributed by atoms with Gasteiger partial charge in [0.05, 0.1) is 28.8 Å². The summed E-state index contributed by atoms with van der Waals surface area (Å²) in [6.45, 7) is 0.162. The van der Waals surface area contributed by atoms with Gasteiger partial charge in [-0.05, 0) is 18.2 Å². The number of hydrogen-bond acceptors (Lipinski definition) is 4. The molecule has 0 bridgehead atoms. The van der Waals surface area contributed by atoms with Gasteiger partial charge in [-0.3, -0.25) is 9.59 Å². The van der Waals surface area contributed by atoms with Crippen LogP contribution in [0.2, 0.25) is 10.0 Å². The van der Waals surface area contributed by atoms with E-state index >= 15 is 0 Å². The van der Waals surface area contributed by atoms with Crippen molar-refractivity contribution in [3.05, 3.63) is 74.5 Å². The number of thiazole rings is 1. The SMILES string of the molecule is O=C(CNC(=O)c1ccc(Cl)c(Cl)c1)NCc1nc(-c2ccccc2)cs1. The number of nitrogens with zero attached hydrogens (tertiary/aromatic N) is 1. The third-order valence-corrected chi connectivity index (χ3v) is 5.24. The number of halogens is 2.